The summed E-state index contributed by atoms with van der Waals surface area (Å²) < 4.78 is 47.1. The van der Waals surface area contributed by atoms with Crippen LogP contribution in [0.1, 0.15) is 29.1 Å². The molecule has 0 aliphatic rings. The zero-order valence-corrected chi connectivity index (χ0v) is 19.6. The van der Waals surface area contributed by atoms with E-state index in [-0.39, 0.29) is 27.1 Å². The lowest BCUT2D eigenvalue weighted by molar-refractivity contribution is 0.102. The minimum atomic E-state index is -3.73. The number of hydrogen-bond donors (Lipinski definition) is 1. The molecule has 10 heteroatoms. The maximum absolute atomic E-state index is 14.4. The van der Waals surface area contributed by atoms with Gasteiger partial charge in [0.1, 0.15) is 5.82 Å². The van der Waals surface area contributed by atoms with Crippen molar-refractivity contribution in [1.29, 1.82) is 0 Å². The van der Waals surface area contributed by atoms with Gasteiger partial charge in [0.05, 0.1) is 27.1 Å². The smallest absolute Gasteiger partial charge is 0.266 e. The molecule has 0 unspecified atom stereocenters. The van der Waals surface area contributed by atoms with Gasteiger partial charge in [-0.25, -0.2) is 12.8 Å². The molecule has 0 saturated carbocycles. The first-order valence-corrected chi connectivity index (χ1v) is 12.2. The van der Waals surface area contributed by atoms with E-state index in [9.17, 15) is 17.6 Å². The molecule has 0 fully saturated rings. The van der Waals surface area contributed by atoms with Crippen LogP contribution >= 0.6 is 22.9 Å². The highest BCUT2D eigenvalue weighted by molar-refractivity contribution is 7.89. The number of sulfonamides is 1. The Kier molecular flexibility index (Phi) is 7.33. The Morgan fingerprint density at radius 1 is 1.23 bits per heavy atom. The summed E-state index contributed by atoms with van der Waals surface area (Å²) in [6, 6.07) is 8.78. The number of thiophene rings is 1. The number of nitrogens with one attached hydrogen (secondary N) is 1. The topological polar surface area (TPSA) is 75.7 Å². The average molecular weight is 485 g/mol. The molecular formula is C21H22ClFN2O4S2. The Labute approximate surface area is 189 Å². The standard InChI is InChI=1S/C21H22ClFN2O4S2/c1-4-25(5-2)31(27,28)13-9-10-15(22)17(11-13)24-21(26)20-14(12-29-3)19-16(23)7-6-8-18(19)30-20/h6-11H,4-5,12H2,1-3H3,(H,24,26). The SMILES string of the molecule is CCN(CC)S(=O)(=O)c1ccc(Cl)c(NC(=O)c2sc3cccc(F)c3c2COC)c1. The molecule has 1 N–H and O–H groups in total. The number of carbonyl (C=O) groups excluding carboxylic acids is 1. The lowest BCUT2D eigenvalue weighted by atomic mass is 10.1. The molecule has 0 aliphatic heterocycles. The van der Waals surface area contributed by atoms with Gasteiger partial charge < -0.3 is 10.1 Å². The van der Waals surface area contributed by atoms with Crippen LogP contribution in [0.5, 0.6) is 0 Å². The van der Waals surface area contributed by atoms with Crippen LogP contribution in [0.4, 0.5) is 10.1 Å². The van der Waals surface area contributed by atoms with Crippen molar-refractivity contribution in [2.75, 3.05) is 25.5 Å². The predicted octanol–water partition coefficient (Wildman–Crippen LogP) is 5.12. The maximum atomic E-state index is 14.4. The first-order valence-electron chi connectivity index (χ1n) is 9.54. The largest absolute Gasteiger partial charge is 0.380 e. The fourth-order valence-electron chi connectivity index (χ4n) is 3.29. The van der Waals surface area contributed by atoms with E-state index in [1.165, 1.54) is 35.7 Å². The van der Waals surface area contributed by atoms with Gasteiger partial charge in [0.2, 0.25) is 10.0 Å². The quantitative estimate of drug-likeness (QED) is 0.481. The molecule has 1 amide bonds. The summed E-state index contributed by atoms with van der Waals surface area (Å²) >= 11 is 7.36. The molecule has 0 atom stereocenters. The highest BCUT2D eigenvalue weighted by Crippen LogP contribution is 2.35. The van der Waals surface area contributed by atoms with E-state index in [0.717, 1.165) is 11.3 Å². The van der Waals surface area contributed by atoms with Crippen molar-refractivity contribution < 1.29 is 22.3 Å². The number of anilines is 1. The Bertz CT molecular complexity index is 1220. The summed E-state index contributed by atoms with van der Waals surface area (Å²) in [5.74, 6) is -0.961. The molecule has 1 heterocycles. The van der Waals surface area contributed by atoms with Gasteiger partial charge in [-0.2, -0.15) is 4.31 Å². The summed E-state index contributed by atoms with van der Waals surface area (Å²) in [6.07, 6.45) is 0. The lowest BCUT2D eigenvalue weighted by Crippen LogP contribution is -2.30. The van der Waals surface area contributed by atoms with Crippen molar-refractivity contribution >= 4 is 54.6 Å². The summed E-state index contributed by atoms with van der Waals surface area (Å²) in [7, 11) is -2.26. The second-order valence-corrected chi connectivity index (χ2v) is 10.0. The van der Waals surface area contributed by atoms with E-state index < -0.39 is 21.7 Å². The van der Waals surface area contributed by atoms with E-state index in [1.807, 2.05) is 0 Å². The highest BCUT2D eigenvalue weighted by Gasteiger charge is 2.24. The Balaban J connectivity index is 2.01. The van der Waals surface area contributed by atoms with Crippen LogP contribution in [0.15, 0.2) is 41.3 Å². The highest BCUT2D eigenvalue weighted by atomic mass is 35.5. The Hall–Kier alpha value is -2.04. The maximum Gasteiger partial charge on any atom is 0.266 e. The summed E-state index contributed by atoms with van der Waals surface area (Å²) in [6.45, 7) is 4.18. The molecule has 2 aromatic carbocycles. The number of ether oxygens (including phenoxy) is 1. The molecule has 166 valence electrons. The molecule has 0 aliphatic carbocycles. The zero-order valence-electron chi connectivity index (χ0n) is 17.2. The number of amides is 1. The van der Waals surface area contributed by atoms with E-state index >= 15 is 0 Å². The van der Waals surface area contributed by atoms with Crippen molar-refractivity contribution in [3.05, 3.63) is 57.7 Å². The third kappa shape index (κ3) is 4.61. The molecule has 1 aromatic heterocycles. The van der Waals surface area contributed by atoms with Gasteiger partial charge in [-0.15, -0.1) is 11.3 Å². The normalized spacial score (nSPS) is 11.9. The second kappa shape index (κ2) is 9.62. The van der Waals surface area contributed by atoms with E-state index in [4.69, 9.17) is 16.3 Å². The molecule has 3 rings (SSSR count). The summed E-state index contributed by atoms with van der Waals surface area (Å²) in [5.41, 5.74) is 0.585. The first kappa shape index (κ1) is 23.6. The number of hydrogen-bond acceptors (Lipinski definition) is 5. The number of benzene rings is 2. The van der Waals surface area contributed by atoms with Gasteiger partial charge in [-0.05, 0) is 30.3 Å². The number of methoxy groups -OCH3 is 1. The molecular weight excluding hydrogens is 463 g/mol. The monoisotopic (exact) mass is 484 g/mol. The van der Waals surface area contributed by atoms with Gasteiger partial charge in [-0.1, -0.05) is 31.5 Å². The minimum Gasteiger partial charge on any atom is -0.380 e. The number of rotatable bonds is 8. The fraction of sp³-hybridized carbons (Fsp3) is 0.286. The van der Waals surface area contributed by atoms with E-state index in [2.05, 4.69) is 5.32 Å². The number of fused-ring (bicyclic) bond motifs is 1. The van der Waals surface area contributed by atoms with E-state index in [1.54, 1.807) is 26.0 Å². The van der Waals surface area contributed by atoms with E-state index in [0.29, 0.717) is 28.7 Å². The van der Waals surface area contributed by atoms with Crippen LogP contribution in [0.3, 0.4) is 0 Å². The van der Waals surface area contributed by atoms with Crippen LogP contribution in [-0.4, -0.2) is 38.8 Å². The lowest BCUT2D eigenvalue weighted by Gasteiger charge is -2.19. The summed E-state index contributed by atoms with van der Waals surface area (Å²) in [5, 5.41) is 3.20. The third-order valence-corrected chi connectivity index (χ3v) is 8.36. The van der Waals surface area contributed by atoms with Crippen LogP contribution in [0.2, 0.25) is 5.02 Å². The molecule has 6 nitrogen and oxygen atoms in total. The van der Waals surface area contributed by atoms with Gasteiger partial charge in [0.15, 0.2) is 0 Å². The molecule has 0 radical (unpaired) electrons. The average Bonchev–Trinajstić information content (AvgIpc) is 3.10. The first-order chi connectivity index (χ1) is 14.7. The van der Waals surface area contributed by atoms with Crippen molar-refractivity contribution in [1.82, 2.24) is 4.31 Å². The van der Waals surface area contributed by atoms with Gasteiger partial charge in [0, 0.05) is 35.8 Å². The van der Waals surface area contributed by atoms with Gasteiger partial charge >= 0.3 is 0 Å². The van der Waals surface area contributed by atoms with Crippen LogP contribution < -0.4 is 5.32 Å². The predicted molar refractivity (Wildman–Crippen MR) is 122 cm³/mol. The van der Waals surface area contributed by atoms with Crippen LogP contribution in [-0.2, 0) is 21.4 Å². The van der Waals surface area contributed by atoms with Crippen molar-refractivity contribution in [2.45, 2.75) is 25.3 Å². The van der Waals surface area contributed by atoms with Crippen LogP contribution in [0, 0.1) is 5.82 Å². The zero-order chi connectivity index (χ0) is 22.8. The molecule has 31 heavy (non-hydrogen) atoms. The Morgan fingerprint density at radius 3 is 2.58 bits per heavy atom. The molecule has 0 saturated heterocycles. The number of carbonyl (C=O) groups is 1. The van der Waals surface area contributed by atoms with Crippen molar-refractivity contribution in [3.8, 4) is 0 Å². The molecule has 0 bridgehead atoms. The van der Waals surface area contributed by atoms with Gasteiger partial charge in [0.25, 0.3) is 5.91 Å². The third-order valence-electron chi connectivity index (χ3n) is 4.79. The minimum absolute atomic E-state index is 0.0235. The Morgan fingerprint density at radius 2 is 1.94 bits per heavy atom. The van der Waals surface area contributed by atoms with Crippen molar-refractivity contribution in [2.24, 2.45) is 0 Å². The van der Waals surface area contributed by atoms with Crippen molar-refractivity contribution in [3.63, 3.8) is 0 Å². The number of nitrogens with zero attached hydrogens (tertiary/aromatic N) is 1. The summed E-state index contributed by atoms with van der Waals surface area (Å²) in [4.78, 5) is 13.3. The number of halogens is 2. The van der Waals surface area contributed by atoms with Crippen LogP contribution in [0.25, 0.3) is 10.1 Å². The fourth-order valence-corrected chi connectivity index (χ4v) is 6.05. The van der Waals surface area contributed by atoms with Gasteiger partial charge in [-0.3, -0.25) is 4.79 Å². The second-order valence-electron chi connectivity index (χ2n) is 6.64. The molecule has 3 aromatic rings. The molecule has 0 spiro atoms.